The Hall–Kier alpha value is -1.82. The molecule has 3 rings (SSSR count). The van der Waals surface area contributed by atoms with Gasteiger partial charge in [0, 0.05) is 18.8 Å². The molecule has 106 valence electrons. The highest BCUT2D eigenvalue weighted by Gasteiger charge is 2.20. The molecule has 1 aliphatic rings. The van der Waals surface area contributed by atoms with Crippen molar-refractivity contribution < 1.29 is 9.13 Å². The number of aromatic nitrogens is 3. The van der Waals surface area contributed by atoms with Crippen LogP contribution >= 0.6 is 0 Å². The third-order valence-electron chi connectivity index (χ3n) is 3.48. The molecule has 0 unspecified atom stereocenters. The Balaban J connectivity index is 2.23. The lowest BCUT2D eigenvalue weighted by Gasteiger charge is -2.29. The number of aryl methyl sites for hydroxylation is 2. The van der Waals surface area contributed by atoms with Crippen LogP contribution < -0.4 is 4.90 Å². The van der Waals surface area contributed by atoms with Crippen molar-refractivity contribution in [3.63, 3.8) is 0 Å². The molecule has 0 amide bonds. The first-order valence-electron chi connectivity index (χ1n) is 6.85. The fourth-order valence-corrected chi connectivity index (χ4v) is 2.58. The quantitative estimate of drug-likeness (QED) is 0.784. The van der Waals surface area contributed by atoms with Gasteiger partial charge in [0.05, 0.1) is 29.8 Å². The number of nitrogens with zero attached hydrogens (tertiary/aromatic N) is 4. The first kappa shape index (κ1) is 13.2. The summed E-state index contributed by atoms with van der Waals surface area (Å²) in [5, 5.41) is 0.862. The van der Waals surface area contributed by atoms with Crippen LogP contribution in [0.1, 0.15) is 18.3 Å². The van der Waals surface area contributed by atoms with Crippen LogP contribution in [0.2, 0.25) is 0 Å². The normalized spacial score (nSPS) is 15.8. The van der Waals surface area contributed by atoms with Gasteiger partial charge in [-0.15, -0.1) is 0 Å². The molecule has 5 nitrogen and oxygen atoms in total. The van der Waals surface area contributed by atoms with Crippen LogP contribution in [0.3, 0.4) is 0 Å². The lowest BCUT2D eigenvalue weighted by molar-refractivity contribution is 0.122. The summed E-state index contributed by atoms with van der Waals surface area (Å²) in [5.74, 6) is 0.639. The van der Waals surface area contributed by atoms with E-state index in [1.54, 1.807) is 0 Å². The minimum Gasteiger partial charge on any atom is -0.378 e. The van der Waals surface area contributed by atoms with Gasteiger partial charge in [-0.3, -0.25) is 4.98 Å². The van der Waals surface area contributed by atoms with Gasteiger partial charge in [-0.2, -0.15) is 9.37 Å². The lowest BCUT2D eigenvalue weighted by atomic mass is 10.1. The van der Waals surface area contributed by atoms with Crippen LogP contribution in [0.15, 0.2) is 6.07 Å². The fourth-order valence-electron chi connectivity index (χ4n) is 2.58. The smallest absolute Gasteiger partial charge is 0.311 e. The number of fused-ring (bicyclic) bond motifs is 1. The average molecular weight is 276 g/mol. The van der Waals surface area contributed by atoms with E-state index < -0.39 is 6.08 Å². The summed E-state index contributed by atoms with van der Waals surface area (Å²) in [6.07, 6.45) is 0.0801. The van der Waals surface area contributed by atoms with Crippen LogP contribution in [-0.2, 0) is 11.2 Å². The summed E-state index contributed by atoms with van der Waals surface area (Å²) in [4.78, 5) is 14.5. The zero-order valence-electron chi connectivity index (χ0n) is 11.7. The van der Waals surface area contributed by atoms with Crippen molar-refractivity contribution in [3.8, 4) is 0 Å². The van der Waals surface area contributed by atoms with E-state index >= 15 is 0 Å². The first-order chi connectivity index (χ1) is 9.69. The van der Waals surface area contributed by atoms with E-state index in [0.29, 0.717) is 37.6 Å². The highest BCUT2D eigenvalue weighted by Crippen LogP contribution is 2.27. The Morgan fingerprint density at radius 3 is 2.70 bits per heavy atom. The van der Waals surface area contributed by atoms with Gasteiger partial charge in [0.1, 0.15) is 5.82 Å². The van der Waals surface area contributed by atoms with Gasteiger partial charge in [-0.05, 0) is 19.4 Å². The van der Waals surface area contributed by atoms with Gasteiger partial charge in [-0.1, -0.05) is 6.92 Å². The minimum absolute atomic E-state index is 0.628. The Bertz CT molecular complexity index is 635. The topological polar surface area (TPSA) is 51.1 Å². The van der Waals surface area contributed by atoms with Crippen molar-refractivity contribution in [2.24, 2.45) is 0 Å². The number of anilines is 1. The first-order valence-corrected chi connectivity index (χ1v) is 6.85. The van der Waals surface area contributed by atoms with Crippen molar-refractivity contribution in [2.75, 3.05) is 31.2 Å². The fraction of sp³-hybridized carbons (Fsp3) is 0.500. The van der Waals surface area contributed by atoms with E-state index in [-0.39, 0.29) is 0 Å². The largest absolute Gasteiger partial charge is 0.378 e. The molecule has 0 N–H and O–H groups in total. The second-order valence-electron chi connectivity index (χ2n) is 4.87. The Morgan fingerprint density at radius 2 is 2.00 bits per heavy atom. The van der Waals surface area contributed by atoms with Crippen LogP contribution in [-0.4, -0.2) is 41.3 Å². The van der Waals surface area contributed by atoms with E-state index in [1.165, 1.54) is 0 Å². The van der Waals surface area contributed by atoms with E-state index in [1.807, 2.05) is 24.8 Å². The molecule has 1 saturated heterocycles. The molecule has 1 fully saturated rings. The third-order valence-corrected chi connectivity index (χ3v) is 3.48. The van der Waals surface area contributed by atoms with Crippen molar-refractivity contribution >= 4 is 16.7 Å². The summed E-state index contributed by atoms with van der Waals surface area (Å²) in [7, 11) is 0. The summed E-state index contributed by atoms with van der Waals surface area (Å²) >= 11 is 0. The molecule has 6 heteroatoms. The maximum absolute atomic E-state index is 13.7. The standard InChI is InChI=1S/C14H17FN4O/c1-3-10-12-11(8-9(2)16-10)17-14(15)18-13(12)19-4-6-20-7-5-19/h8H,3-7H2,1-2H3. The van der Waals surface area contributed by atoms with E-state index in [2.05, 4.69) is 15.0 Å². The van der Waals surface area contributed by atoms with Gasteiger partial charge in [-0.25, -0.2) is 4.98 Å². The minimum atomic E-state index is -0.688. The average Bonchev–Trinajstić information content (AvgIpc) is 2.46. The number of rotatable bonds is 2. The summed E-state index contributed by atoms with van der Waals surface area (Å²) < 4.78 is 19.1. The van der Waals surface area contributed by atoms with Crippen LogP contribution in [0, 0.1) is 13.0 Å². The zero-order valence-corrected chi connectivity index (χ0v) is 11.7. The second kappa shape index (κ2) is 5.28. The molecule has 20 heavy (non-hydrogen) atoms. The summed E-state index contributed by atoms with van der Waals surface area (Å²) in [6, 6.07) is 1.81. The molecule has 0 aromatic carbocycles. The van der Waals surface area contributed by atoms with Crippen LogP contribution in [0.5, 0.6) is 0 Å². The second-order valence-corrected chi connectivity index (χ2v) is 4.87. The zero-order chi connectivity index (χ0) is 14.1. The predicted octanol–water partition coefficient (Wildman–Crippen LogP) is 1.87. The Kier molecular flexibility index (Phi) is 3.48. The molecule has 2 aromatic heterocycles. The van der Waals surface area contributed by atoms with E-state index in [9.17, 15) is 4.39 Å². The molecule has 0 saturated carbocycles. The van der Waals surface area contributed by atoms with Crippen molar-refractivity contribution in [1.29, 1.82) is 0 Å². The number of halogens is 1. The molecule has 0 bridgehead atoms. The van der Waals surface area contributed by atoms with Crippen LogP contribution in [0.4, 0.5) is 10.2 Å². The molecule has 2 aromatic rings. The highest BCUT2D eigenvalue weighted by molar-refractivity contribution is 5.91. The molecule has 3 heterocycles. The molecular formula is C14H17FN4O. The molecular weight excluding hydrogens is 259 g/mol. The number of morpholine rings is 1. The Morgan fingerprint density at radius 1 is 1.25 bits per heavy atom. The van der Waals surface area contributed by atoms with Gasteiger partial charge >= 0.3 is 6.08 Å². The number of pyridine rings is 1. The van der Waals surface area contributed by atoms with E-state index in [4.69, 9.17) is 4.74 Å². The maximum Gasteiger partial charge on any atom is 0.311 e. The maximum atomic E-state index is 13.7. The van der Waals surface area contributed by atoms with Gasteiger partial charge in [0.2, 0.25) is 0 Å². The SMILES string of the molecule is CCc1nc(C)cc2nc(F)nc(N3CCOCC3)c12. The molecule has 0 aliphatic carbocycles. The van der Waals surface area contributed by atoms with Gasteiger partial charge < -0.3 is 9.64 Å². The number of hydrogen-bond acceptors (Lipinski definition) is 5. The van der Waals surface area contributed by atoms with Crippen molar-refractivity contribution in [3.05, 3.63) is 23.5 Å². The summed E-state index contributed by atoms with van der Waals surface area (Å²) in [5.41, 5.74) is 2.39. The predicted molar refractivity (Wildman–Crippen MR) is 74.4 cm³/mol. The van der Waals surface area contributed by atoms with Gasteiger partial charge in [0.25, 0.3) is 0 Å². The lowest BCUT2D eigenvalue weighted by Crippen LogP contribution is -2.37. The van der Waals surface area contributed by atoms with Crippen molar-refractivity contribution in [2.45, 2.75) is 20.3 Å². The highest BCUT2D eigenvalue weighted by atomic mass is 19.1. The van der Waals surface area contributed by atoms with Crippen molar-refractivity contribution in [1.82, 2.24) is 15.0 Å². The van der Waals surface area contributed by atoms with Gasteiger partial charge in [0.15, 0.2) is 0 Å². The third kappa shape index (κ3) is 2.31. The van der Waals surface area contributed by atoms with Crippen LogP contribution in [0.25, 0.3) is 10.9 Å². The molecule has 0 radical (unpaired) electrons. The Labute approximate surface area is 116 Å². The number of ether oxygens (including phenoxy) is 1. The molecule has 0 spiro atoms. The summed E-state index contributed by atoms with van der Waals surface area (Å²) in [6.45, 7) is 6.62. The monoisotopic (exact) mass is 276 g/mol. The van der Waals surface area contributed by atoms with E-state index in [0.717, 1.165) is 23.2 Å². The number of hydrogen-bond donors (Lipinski definition) is 0. The molecule has 0 atom stereocenters. The molecule has 1 aliphatic heterocycles.